The SMILES string of the molecule is COC(C)c1cccc(CC#N)c1. The van der Waals surface area contributed by atoms with Gasteiger partial charge in [0, 0.05) is 7.11 Å². The summed E-state index contributed by atoms with van der Waals surface area (Å²) in [6.07, 6.45) is 0.559. The van der Waals surface area contributed by atoms with Crippen molar-refractivity contribution >= 4 is 0 Å². The van der Waals surface area contributed by atoms with Crippen LogP contribution in [0.4, 0.5) is 0 Å². The molecule has 0 bridgehead atoms. The molecule has 1 aromatic rings. The monoisotopic (exact) mass is 175 g/mol. The maximum Gasteiger partial charge on any atom is 0.0793 e. The third kappa shape index (κ3) is 2.57. The second kappa shape index (κ2) is 4.64. The predicted octanol–water partition coefficient (Wildman–Crippen LogP) is 2.46. The Morgan fingerprint density at radius 3 is 2.92 bits per heavy atom. The fourth-order valence-corrected chi connectivity index (χ4v) is 1.18. The van der Waals surface area contributed by atoms with Crippen molar-refractivity contribution in [3.63, 3.8) is 0 Å². The van der Waals surface area contributed by atoms with Crippen molar-refractivity contribution in [3.05, 3.63) is 35.4 Å². The van der Waals surface area contributed by atoms with Crippen molar-refractivity contribution in [1.82, 2.24) is 0 Å². The summed E-state index contributed by atoms with van der Waals surface area (Å²) in [5.74, 6) is 0. The average molecular weight is 175 g/mol. The molecule has 0 aliphatic carbocycles. The Balaban J connectivity index is 2.86. The van der Waals surface area contributed by atoms with E-state index in [-0.39, 0.29) is 6.10 Å². The molecule has 0 radical (unpaired) electrons. The smallest absolute Gasteiger partial charge is 0.0793 e. The number of methoxy groups -OCH3 is 1. The van der Waals surface area contributed by atoms with Crippen molar-refractivity contribution < 1.29 is 4.74 Å². The molecule has 0 saturated carbocycles. The van der Waals surface area contributed by atoms with Crippen LogP contribution in [-0.2, 0) is 11.2 Å². The third-order valence-corrected chi connectivity index (χ3v) is 2.06. The topological polar surface area (TPSA) is 33.0 Å². The summed E-state index contributed by atoms with van der Waals surface area (Å²) in [7, 11) is 1.68. The second-order valence-corrected chi connectivity index (χ2v) is 2.96. The van der Waals surface area contributed by atoms with E-state index in [9.17, 15) is 0 Å². The van der Waals surface area contributed by atoms with Gasteiger partial charge in [0.1, 0.15) is 0 Å². The Morgan fingerprint density at radius 2 is 2.31 bits per heavy atom. The van der Waals surface area contributed by atoms with Gasteiger partial charge in [0.15, 0.2) is 0 Å². The molecular weight excluding hydrogens is 162 g/mol. The van der Waals surface area contributed by atoms with E-state index in [0.717, 1.165) is 11.1 Å². The maximum atomic E-state index is 8.53. The van der Waals surface area contributed by atoms with E-state index in [2.05, 4.69) is 6.07 Å². The molecule has 2 nitrogen and oxygen atoms in total. The molecule has 2 heteroatoms. The highest BCUT2D eigenvalue weighted by Gasteiger charge is 2.03. The zero-order valence-corrected chi connectivity index (χ0v) is 7.95. The zero-order valence-electron chi connectivity index (χ0n) is 7.95. The minimum Gasteiger partial charge on any atom is -0.377 e. The Kier molecular flexibility index (Phi) is 3.48. The molecule has 0 aliphatic rings. The van der Waals surface area contributed by atoms with Gasteiger partial charge < -0.3 is 4.74 Å². The molecule has 0 amide bonds. The number of ether oxygens (including phenoxy) is 1. The summed E-state index contributed by atoms with van der Waals surface area (Å²) in [6.45, 7) is 1.99. The first kappa shape index (κ1) is 9.76. The van der Waals surface area contributed by atoms with Crippen molar-refractivity contribution in [1.29, 1.82) is 5.26 Å². The van der Waals surface area contributed by atoms with E-state index in [1.807, 2.05) is 31.2 Å². The summed E-state index contributed by atoms with van der Waals surface area (Å²) < 4.78 is 5.19. The van der Waals surface area contributed by atoms with Gasteiger partial charge in [-0.2, -0.15) is 5.26 Å². The molecule has 1 unspecified atom stereocenters. The molecule has 1 aromatic carbocycles. The fourth-order valence-electron chi connectivity index (χ4n) is 1.18. The van der Waals surface area contributed by atoms with Crippen molar-refractivity contribution in [2.24, 2.45) is 0 Å². The van der Waals surface area contributed by atoms with Crippen LogP contribution in [0, 0.1) is 11.3 Å². The summed E-state index contributed by atoms with van der Waals surface area (Å²) in [4.78, 5) is 0. The number of hydrogen-bond acceptors (Lipinski definition) is 2. The summed E-state index contributed by atoms with van der Waals surface area (Å²) in [6, 6.07) is 10.1. The van der Waals surface area contributed by atoms with Crippen LogP contribution in [0.15, 0.2) is 24.3 Å². The van der Waals surface area contributed by atoms with Gasteiger partial charge in [-0.1, -0.05) is 24.3 Å². The van der Waals surface area contributed by atoms with Crippen LogP contribution >= 0.6 is 0 Å². The number of hydrogen-bond donors (Lipinski definition) is 0. The Morgan fingerprint density at radius 1 is 1.54 bits per heavy atom. The highest BCUT2D eigenvalue weighted by atomic mass is 16.5. The van der Waals surface area contributed by atoms with Gasteiger partial charge in [-0.15, -0.1) is 0 Å². The lowest BCUT2D eigenvalue weighted by Gasteiger charge is -2.10. The Bertz CT molecular complexity index is 314. The van der Waals surface area contributed by atoms with Crippen LogP contribution in [0.2, 0.25) is 0 Å². The molecule has 0 spiro atoms. The van der Waals surface area contributed by atoms with E-state index < -0.39 is 0 Å². The van der Waals surface area contributed by atoms with E-state index in [0.29, 0.717) is 6.42 Å². The summed E-state index contributed by atoms with van der Waals surface area (Å²) >= 11 is 0. The molecule has 0 heterocycles. The van der Waals surface area contributed by atoms with Gasteiger partial charge in [-0.05, 0) is 18.1 Å². The van der Waals surface area contributed by atoms with E-state index in [4.69, 9.17) is 10.00 Å². The highest BCUT2D eigenvalue weighted by Crippen LogP contribution is 2.16. The lowest BCUT2D eigenvalue weighted by atomic mass is 10.1. The highest BCUT2D eigenvalue weighted by molar-refractivity contribution is 5.26. The average Bonchev–Trinajstić information content (AvgIpc) is 2.18. The zero-order chi connectivity index (χ0) is 9.68. The van der Waals surface area contributed by atoms with Crippen molar-refractivity contribution in [2.75, 3.05) is 7.11 Å². The van der Waals surface area contributed by atoms with Gasteiger partial charge >= 0.3 is 0 Å². The molecule has 0 aromatic heterocycles. The van der Waals surface area contributed by atoms with E-state index >= 15 is 0 Å². The molecule has 0 N–H and O–H groups in total. The van der Waals surface area contributed by atoms with Gasteiger partial charge in [-0.25, -0.2) is 0 Å². The quantitative estimate of drug-likeness (QED) is 0.707. The number of rotatable bonds is 3. The van der Waals surface area contributed by atoms with Crippen LogP contribution in [0.3, 0.4) is 0 Å². The van der Waals surface area contributed by atoms with Crippen LogP contribution in [0.1, 0.15) is 24.2 Å². The first-order chi connectivity index (χ1) is 6.27. The predicted molar refractivity (Wildman–Crippen MR) is 51.2 cm³/mol. The maximum absolute atomic E-state index is 8.53. The lowest BCUT2D eigenvalue weighted by Crippen LogP contribution is -1.96. The standard InChI is InChI=1S/C11H13NO/c1-9(13-2)11-5-3-4-10(8-11)6-7-12/h3-5,8-9H,6H2,1-2H3. The Hall–Kier alpha value is -1.33. The van der Waals surface area contributed by atoms with E-state index in [1.165, 1.54) is 0 Å². The first-order valence-electron chi connectivity index (χ1n) is 4.26. The van der Waals surface area contributed by atoms with E-state index in [1.54, 1.807) is 7.11 Å². The molecule has 0 saturated heterocycles. The fraction of sp³-hybridized carbons (Fsp3) is 0.364. The molecule has 1 rings (SSSR count). The number of nitriles is 1. The molecule has 1 atom stereocenters. The van der Waals surface area contributed by atoms with Crippen molar-refractivity contribution in [2.45, 2.75) is 19.4 Å². The summed E-state index contributed by atoms with van der Waals surface area (Å²) in [5.41, 5.74) is 2.17. The number of benzene rings is 1. The second-order valence-electron chi connectivity index (χ2n) is 2.96. The van der Waals surface area contributed by atoms with Gasteiger partial charge in [0.25, 0.3) is 0 Å². The molecular formula is C11H13NO. The van der Waals surface area contributed by atoms with Crippen LogP contribution < -0.4 is 0 Å². The number of nitrogens with zero attached hydrogens (tertiary/aromatic N) is 1. The van der Waals surface area contributed by atoms with Crippen molar-refractivity contribution in [3.8, 4) is 6.07 Å². The largest absolute Gasteiger partial charge is 0.377 e. The molecule has 0 fully saturated rings. The van der Waals surface area contributed by atoms with Crippen LogP contribution in [-0.4, -0.2) is 7.11 Å². The van der Waals surface area contributed by atoms with Gasteiger partial charge in [0.2, 0.25) is 0 Å². The minimum atomic E-state index is 0.0960. The molecule has 13 heavy (non-hydrogen) atoms. The first-order valence-corrected chi connectivity index (χ1v) is 4.26. The molecule has 0 aliphatic heterocycles. The molecule has 68 valence electrons. The van der Waals surface area contributed by atoms with Gasteiger partial charge in [-0.3, -0.25) is 0 Å². The van der Waals surface area contributed by atoms with Gasteiger partial charge in [0.05, 0.1) is 18.6 Å². The minimum absolute atomic E-state index is 0.0960. The summed E-state index contributed by atoms with van der Waals surface area (Å²) in [5, 5.41) is 8.53. The lowest BCUT2D eigenvalue weighted by molar-refractivity contribution is 0.119. The normalized spacial score (nSPS) is 12.1. The Labute approximate surface area is 78.8 Å². The third-order valence-electron chi connectivity index (χ3n) is 2.06. The van der Waals surface area contributed by atoms with Crippen LogP contribution in [0.25, 0.3) is 0 Å². The van der Waals surface area contributed by atoms with Crippen LogP contribution in [0.5, 0.6) is 0 Å².